The Balaban J connectivity index is 2.19. The van der Waals surface area contributed by atoms with Gasteiger partial charge in [0.1, 0.15) is 5.75 Å². The fraction of sp³-hybridized carbons (Fsp3) is 0.267. The summed E-state index contributed by atoms with van der Waals surface area (Å²) in [5.41, 5.74) is 1.29. The van der Waals surface area contributed by atoms with E-state index in [0.717, 1.165) is 5.56 Å². The number of carbonyl (C=O) groups excluding carboxylic acids is 1. The van der Waals surface area contributed by atoms with Crippen LogP contribution < -0.4 is 5.32 Å². The lowest BCUT2D eigenvalue weighted by atomic mass is 10.1. The van der Waals surface area contributed by atoms with Crippen LogP contribution in [0.2, 0.25) is 5.02 Å². The summed E-state index contributed by atoms with van der Waals surface area (Å²) in [6.07, 6.45) is 0. The molecule has 1 aromatic heterocycles. The molecular formula is C15H16ClNO2S. The van der Waals surface area contributed by atoms with Crippen molar-refractivity contribution in [3.8, 4) is 5.75 Å². The van der Waals surface area contributed by atoms with Crippen LogP contribution in [0.15, 0.2) is 24.3 Å². The van der Waals surface area contributed by atoms with Crippen molar-refractivity contribution >= 4 is 28.8 Å². The lowest BCUT2D eigenvalue weighted by Gasteiger charge is -2.14. The van der Waals surface area contributed by atoms with Gasteiger partial charge in [-0.1, -0.05) is 11.6 Å². The molecule has 2 aromatic rings. The molecule has 0 aliphatic carbocycles. The molecular weight excluding hydrogens is 294 g/mol. The van der Waals surface area contributed by atoms with E-state index < -0.39 is 0 Å². The summed E-state index contributed by atoms with van der Waals surface area (Å²) >= 11 is 7.56. The molecule has 1 heterocycles. The molecule has 2 rings (SSSR count). The zero-order chi connectivity index (χ0) is 14.9. The summed E-state index contributed by atoms with van der Waals surface area (Å²) in [5.74, 6) is -0.405. The van der Waals surface area contributed by atoms with Crippen LogP contribution in [0.5, 0.6) is 5.75 Å². The van der Waals surface area contributed by atoms with Crippen molar-refractivity contribution in [3.63, 3.8) is 0 Å². The normalized spacial score (nSPS) is 12.2. The fourth-order valence-electron chi connectivity index (χ4n) is 2.12. The average molecular weight is 310 g/mol. The van der Waals surface area contributed by atoms with Gasteiger partial charge < -0.3 is 10.4 Å². The number of hydrogen-bond acceptors (Lipinski definition) is 3. The topological polar surface area (TPSA) is 49.3 Å². The van der Waals surface area contributed by atoms with Crippen molar-refractivity contribution in [3.05, 3.63) is 50.2 Å². The van der Waals surface area contributed by atoms with Crippen LogP contribution in [0.4, 0.5) is 0 Å². The number of aromatic hydroxyl groups is 1. The van der Waals surface area contributed by atoms with Crippen LogP contribution >= 0.6 is 22.9 Å². The molecule has 5 heteroatoms. The first-order valence-electron chi connectivity index (χ1n) is 6.25. The number of phenolic OH excluding ortho intramolecular Hbond substituents is 1. The van der Waals surface area contributed by atoms with Gasteiger partial charge in [0.2, 0.25) is 0 Å². The maximum Gasteiger partial charge on any atom is 0.255 e. The number of benzene rings is 1. The van der Waals surface area contributed by atoms with Gasteiger partial charge in [-0.05, 0) is 50.6 Å². The predicted octanol–water partition coefficient (Wildman–Crippen LogP) is 4.21. The number of halogens is 1. The van der Waals surface area contributed by atoms with E-state index in [1.54, 1.807) is 17.4 Å². The first kappa shape index (κ1) is 14.9. The Bertz CT molecular complexity index is 651. The summed E-state index contributed by atoms with van der Waals surface area (Å²) in [7, 11) is 0. The zero-order valence-corrected chi connectivity index (χ0v) is 13.1. The van der Waals surface area contributed by atoms with Crippen LogP contribution in [0, 0.1) is 13.8 Å². The first-order valence-corrected chi connectivity index (χ1v) is 7.44. The van der Waals surface area contributed by atoms with Crippen LogP contribution in [0.1, 0.15) is 38.6 Å². The van der Waals surface area contributed by atoms with E-state index in [0.29, 0.717) is 5.02 Å². The highest BCUT2D eigenvalue weighted by atomic mass is 35.5. The summed E-state index contributed by atoms with van der Waals surface area (Å²) in [6, 6.07) is 6.38. The maximum absolute atomic E-state index is 12.2. The monoisotopic (exact) mass is 309 g/mol. The van der Waals surface area contributed by atoms with Gasteiger partial charge in [0.25, 0.3) is 5.91 Å². The quantitative estimate of drug-likeness (QED) is 0.892. The zero-order valence-electron chi connectivity index (χ0n) is 11.5. The second-order valence-corrected chi connectivity index (χ2v) is 6.62. The van der Waals surface area contributed by atoms with Crippen molar-refractivity contribution in [2.24, 2.45) is 0 Å². The molecule has 0 spiro atoms. The molecule has 0 aliphatic rings. The predicted molar refractivity (Wildman–Crippen MR) is 82.8 cm³/mol. The van der Waals surface area contributed by atoms with Crippen LogP contribution in [-0.2, 0) is 0 Å². The Labute approximate surface area is 127 Å². The minimum Gasteiger partial charge on any atom is -0.507 e. The average Bonchev–Trinajstić information content (AvgIpc) is 2.71. The second kappa shape index (κ2) is 5.85. The number of thiophene rings is 1. The third-order valence-electron chi connectivity index (χ3n) is 3.10. The molecule has 1 unspecified atom stereocenters. The summed E-state index contributed by atoms with van der Waals surface area (Å²) in [4.78, 5) is 14.6. The van der Waals surface area contributed by atoms with Gasteiger partial charge in [-0.3, -0.25) is 4.79 Å². The lowest BCUT2D eigenvalue weighted by Crippen LogP contribution is -2.26. The third kappa shape index (κ3) is 3.14. The third-order valence-corrected chi connectivity index (χ3v) is 4.31. The number of aryl methyl sites for hydroxylation is 2. The van der Waals surface area contributed by atoms with Gasteiger partial charge in [0.15, 0.2) is 0 Å². The minimum atomic E-state index is -0.333. The molecule has 2 N–H and O–H groups in total. The second-order valence-electron chi connectivity index (χ2n) is 4.73. The van der Waals surface area contributed by atoms with E-state index in [-0.39, 0.29) is 23.3 Å². The number of amides is 1. The SMILES string of the molecule is Cc1cc(C(C)NC(=O)c2cc(Cl)ccc2O)c(C)s1. The Hall–Kier alpha value is -1.52. The Morgan fingerprint density at radius 3 is 2.65 bits per heavy atom. The highest BCUT2D eigenvalue weighted by Gasteiger charge is 2.17. The van der Waals surface area contributed by atoms with Crippen LogP contribution in [0.3, 0.4) is 0 Å². The fourth-order valence-corrected chi connectivity index (χ4v) is 3.32. The Morgan fingerprint density at radius 1 is 1.35 bits per heavy atom. The van der Waals surface area contributed by atoms with Crippen molar-refractivity contribution in [2.75, 3.05) is 0 Å². The summed E-state index contributed by atoms with van der Waals surface area (Å²) in [6.45, 7) is 6.00. The number of carbonyl (C=O) groups is 1. The molecule has 20 heavy (non-hydrogen) atoms. The smallest absolute Gasteiger partial charge is 0.255 e. The van der Waals surface area contributed by atoms with Crippen molar-refractivity contribution < 1.29 is 9.90 Å². The first-order chi connectivity index (χ1) is 9.38. The van der Waals surface area contributed by atoms with E-state index in [9.17, 15) is 9.90 Å². The van der Waals surface area contributed by atoms with Gasteiger partial charge >= 0.3 is 0 Å². The summed E-state index contributed by atoms with van der Waals surface area (Å²) in [5, 5.41) is 13.0. The largest absolute Gasteiger partial charge is 0.507 e. The molecule has 0 saturated heterocycles. The standard InChI is InChI=1S/C15H16ClNO2S/c1-8-6-12(10(3)20-8)9(2)17-15(19)13-7-11(16)4-5-14(13)18/h4-7,9,18H,1-3H3,(H,17,19). The molecule has 3 nitrogen and oxygen atoms in total. The van der Waals surface area contributed by atoms with Crippen molar-refractivity contribution in [2.45, 2.75) is 26.8 Å². The van der Waals surface area contributed by atoms with E-state index in [4.69, 9.17) is 11.6 Å². The Kier molecular flexibility index (Phi) is 4.35. The molecule has 0 saturated carbocycles. The van der Waals surface area contributed by atoms with E-state index in [1.165, 1.54) is 21.9 Å². The van der Waals surface area contributed by atoms with Gasteiger partial charge in [0, 0.05) is 14.8 Å². The highest BCUT2D eigenvalue weighted by Crippen LogP contribution is 2.27. The molecule has 1 amide bonds. The lowest BCUT2D eigenvalue weighted by molar-refractivity contribution is 0.0937. The number of nitrogens with one attached hydrogen (secondary N) is 1. The van der Waals surface area contributed by atoms with Crippen molar-refractivity contribution in [1.82, 2.24) is 5.32 Å². The Morgan fingerprint density at radius 2 is 2.05 bits per heavy atom. The number of phenols is 1. The molecule has 0 aliphatic heterocycles. The maximum atomic E-state index is 12.2. The molecule has 0 radical (unpaired) electrons. The van der Waals surface area contributed by atoms with Crippen molar-refractivity contribution in [1.29, 1.82) is 0 Å². The molecule has 0 fully saturated rings. The van der Waals surface area contributed by atoms with Crippen LogP contribution in [-0.4, -0.2) is 11.0 Å². The van der Waals surface area contributed by atoms with E-state index >= 15 is 0 Å². The summed E-state index contributed by atoms with van der Waals surface area (Å²) < 4.78 is 0. The number of hydrogen-bond donors (Lipinski definition) is 2. The molecule has 0 bridgehead atoms. The highest BCUT2D eigenvalue weighted by molar-refractivity contribution is 7.12. The van der Waals surface area contributed by atoms with E-state index in [1.807, 2.05) is 20.8 Å². The molecule has 1 atom stereocenters. The minimum absolute atomic E-state index is 0.0719. The van der Waals surface area contributed by atoms with Crippen LogP contribution in [0.25, 0.3) is 0 Å². The molecule has 106 valence electrons. The van der Waals surface area contributed by atoms with E-state index in [2.05, 4.69) is 11.4 Å². The number of rotatable bonds is 3. The van der Waals surface area contributed by atoms with Gasteiger partial charge in [-0.2, -0.15) is 0 Å². The van der Waals surface area contributed by atoms with Gasteiger partial charge in [-0.25, -0.2) is 0 Å². The van der Waals surface area contributed by atoms with Gasteiger partial charge in [-0.15, -0.1) is 11.3 Å². The van der Waals surface area contributed by atoms with Gasteiger partial charge in [0.05, 0.1) is 11.6 Å². The molecule has 1 aromatic carbocycles.